The summed E-state index contributed by atoms with van der Waals surface area (Å²) < 4.78 is 0. The minimum atomic E-state index is 0.626. The van der Waals surface area contributed by atoms with Crippen LogP contribution in [-0.4, -0.2) is 19.9 Å². The number of hydrogen-bond acceptors (Lipinski definition) is 4. The normalized spacial score (nSPS) is 11.3. The Kier molecular flexibility index (Phi) is 7.54. The third-order valence-corrected chi connectivity index (χ3v) is 9.12. The van der Waals surface area contributed by atoms with Gasteiger partial charge in [-0.2, -0.15) is 0 Å². The highest BCUT2D eigenvalue weighted by Gasteiger charge is 2.18. The Morgan fingerprint density at radius 3 is 1.75 bits per heavy atom. The molecule has 0 aliphatic rings. The van der Waals surface area contributed by atoms with E-state index in [1.165, 1.54) is 38.2 Å². The zero-order valence-corrected chi connectivity index (χ0v) is 27.3. The van der Waals surface area contributed by atoms with Crippen molar-refractivity contribution in [1.82, 2.24) is 19.9 Å². The molecule has 48 heavy (non-hydrogen) atoms. The quantitative estimate of drug-likeness (QED) is 0.174. The number of aryl methyl sites for hydroxylation is 3. The summed E-state index contributed by atoms with van der Waals surface area (Å²) in [7, 11) is 0. The molecule has 0 fully saturated rings. The Bertz CT molecular complexity index is 2380. The first-order chi connectivity index (χ1) is 23.6. The van der Waals surface area contributed by atoms with Crippen LogP contribution in [0.2, 0.25) is 0 Å². The van der Waals surface area contributed by atoms with Crippen molar-refractivity contribution in [2.24, 2.45) is 0 Å². The van der Waals surface area contributed by atoms with Gasteiger partial charge in [-0.05, 0) is 100.0 Å². The first-order valence-electron chi connectivity index (χ1n) is 16.5. The van der Waals surface area contributed by atoms with Crippen molar-refractivity contribution in [3.8, 4) is 56.4 Å². The number of benzene rings is 6. The lowest BCUT2D eigenvalue weighted by molar-refractivity contribution is 1.07. The van der Waals surface area contributed by atoms with Crippen LogP contribution in [0.3, 0.4) is 0 Å². The van der Waals surface area contributed by atoms with Gasteiger partial charge in [0.1, 0.15) is 0 Å². The maximum absolute atomic E-state index is 5.10. The SMILES string of the molecule is CCc1cccc2c(-c3cc(-c4ccc(C)nc4)cc(-c4nc(-c5ccccc5)nc(-c5ccccc5)n4)c3)cc3cccc(C)c3c12. The van der Waals surface area contributed by atoms with E-state index in [0.717, 1.165) is 45.5 Å². The second kappa shape index (κ2) is 12.3. The van der Waals surface area contributed by atoms with Crippen LogP contribution >= 0.6 is 0 Å². The van der Waals surface area contributed by atoms with E-state index in [0.29, 0.717) is 17.5 Å². The maximum atomic E-state index is 5.10. The monoisotopic (exact) mass is 618 g/mol. The van der Waals surface area contributed by atoms with Crippen molar-refractivity contribution in [3.63, 3.8) is 0 Å². The zero-order valence-electron chi connectivity index (χ0n) is 27.3. The van der Waals surface area contributed by atoms with Gasteiger partial charge >= 0.3 is 0 Å². The van der Waals surface area contributed by atoms with Crippen LogP contribution in [0.1, 0.15) is 23.7 Å². The van der Waals surface area contributed by atoms with E-state index in [-0.39, 0.29) is 0 Å². The van der Waals surface area contributed by atoms with Gasteiger partial charge in [0, 0.05) is 34.1 Å². The van der Waals surface area contributed by atoms with Gasteiger partial charge < -0.3 is 0 Å². The summed E-state index contributed by atoms with van der Waals surface area (Å²) in [5.74, 6) is 1.91. The summed E-state index contributed by atoms with van der Waals surface area (Å²) in [6.45, 7) is 6.47. The molecule has 8 aromatic rings. The third kappa shape index (κ3) is 5.41. The highest BCUT2D eigenvalue weighted by molar-refractivity contribution is 6.16. The van der Waals surface area contributed by atoms with E-state index in [1.807, 2.05) is 73.8 Å². The molecule has 0 aliphatic carbocycles. The Hall–Kier alpha value is -6.00. The standard InChI is InChI=1S/C44H34N4/c1-4-30-18-12-20-38-39(26-33-19-11-13-28(2)40(33)41(30)38)36-23-35(34-22-21-29(3)45-27-34)24-37(25-36)44-47-42(31-14-7-5-8-15-31)46-43(48-44)32-16-9-6-10-17-32/h5-27H,4H2,1-3H3. The lowest BCUT2D eigenvalue weighted by Crippen LogP contribution is -2.00. The van der Waals surface area contributed by atoms with Crippen LogP contribution in [0.5, 0.6) is 0 Å². The lowest BCUT2D eigenvalue weighted by Gasteiger charge is -2.17. The zero-order chi connectivity index (χ0) is 32.6. The Morgan fingerprint density at radius 1 is 0.479 bits per heavy atom. The predicted octanol–water partition coefficient (Wildman–Crippen LogP) is 11.1. The molecule has 0 saturated carbocycles. The van der Waals surface area contributed by atoms with Crippen molar-refractivity contribution < 1.29 is 0 Å². The van der Waals surface area contributed by atoms with Gasteiger partial charge in [0.15, 0.2) is 17.5 Å². The average molecular weight is 619 g/mol. The van der Waals surface area contributed by atoms with Crippen LogP contribution in [0, 0.1) is 13.8 Å². The van der Waals surface area contributed by atoms with E-state index >= 15 is 0 Å². The summed E-state index contributed by atoms with van der Waals surface area (Å²) in [6, 6.07) is 46.8. The van der Waals surface area contributed by atoms with Gasteiger partial charge in [-0.25, -0.2) is 15.0 Å². The number of fused-ring (bicyclic) bond motifs is 3. The van der Waals surface area contributed by atoms with Crippen molar-refractivity contribution in [2.75, 3.05) is 0 Å². The predicted molar refractivity (Wildman–Crippen MR) is 199 cm³/mol. The topological polar surface area (TPSA) is 51.6 Å². The van der Waals surface area contributed by atoms with Crippen molar-refractivity contribution in [3.05, 3.63) is 156 Å². The summed E-state index contributed by atoms with van der Waals surface area (Å²) in [6.07, 6.45) is 2.91. The van der Waals surface area contributed by atoms with Crippen LogP contribution in [0.25, 0.3) is 78.0 Å². The van der Waals surface area contributed by atoms with E-state index < -0.39 is 0 Å². The Balaban J connectivity index is 1.43. The summed E-state index contributed by atoms with van der Waals surface area (Å²) in [5.41, 5.74) is 10.8. The molecule has 0 unspecified atom stereocenters. The third-order valence-electron chi connectivity index (χ3n) is 9.12. The Morgan fingerprint density at radius 2 is 1.10 bits per heavy atom. The molecule has 4 nitrogen and oxygen atoms in total. The minimum Gasteiger partial charge on any atom is -0.261 e. The molecule has 6 aromatic carbocycles. The number of hydrogen-bond donors (Lipinski definition) is 0. The first kappa shape index (κ1) is 29.4. The lowest BCUT2D eigenvalue weighted by atomic mass is 9.87. The second-order valence-electron chi connectivity index (χ2n) is 12.3. The molecule has 0 N–H and O–H groups in total. The van der Waals surface area contributed by atoms with E-state index in [4.69, 9.17) is 15.0 Å². The molecular weight excluding hydrogens is 585 g/mol. The van der Waals surface area contributed by atoms with Gasteiger partial charge in [0.2, 0.25) is 0 Å². The molecule has 8 rings (SSSR count). The molecule has 4 heteroatoms. The molecular formula is C44H34N4. The number of pyridine rings is 1. The van der Waals surface area contributed by atoms with E-state index in [2.05, 4.69) is 91.6 Å². The van der Waals surface area contributed by atoms with Crippen LogP contribution < -0.4 is 0 Å². The highest BCUT2D eigenvalue weighted by Crippen LogP contribution is 2.41. The van der Waals surface area contributed by atoms with Crippen molar-refractivity contribution in [2.45, 2.75) is 27.2 Å². The molecule has 0 saturated heterocycles. The second-order valence-corrected chi connectivity index (χ2v) is 12.3. The first-order valence-corrected chi connectivity index (χ1v) is 16.5. The number of rotatable bonds is 6. The fourth-order valence-electron chi connectivity index (χ4n) is 6.69. The average Bonchev–Trinajstić information content (AvgIpc) is 3.15. The largest absolute Gasteiger partial charge is 0.261 e. The summed E-state index contributed by atoms with van der Waals surface area (Å²) in [4.78, 5) is 19.8. The van der Waals surface area contributed by atoms with E-state index in [9.17, 15) is 0 Å². The fourth-order valence-corrected chi connectivity index (χ4v) is 6.69. The molecule has 0 radical (unpaired) electrons. The molecule has 0 spiro atoms. The van der Waals surface area contributed by atoms with Gasteiger partial charge in [0.05, 0.1) is 0 Å². The maximum Gasteiger partial charge on any atom is 0.164 e. The van der Waals surface area contributed by atoms with Crippen LogP contribution in [0.4, 0.5) is 0 Å². The van der Waals surface area contributed by atoms with E-state index in [1.54, 1.807) is 0 Å². The van der Waals surface area contributed by atoms with Crippen molar-refractivity contribution in [1.29, 1.82) is 0 Å². The molecule has 2 heterocycles. The van der Waals surface area contributed by atoms with Gasteiger partial charge in [-0.15, -0.1) is 0 Å². The molecule has 0 aliphatic heterocycles. The summed E-state index contributed by atoms with van der Waals surface area (Å²) >= 11 is 0. The molecule has 0 amide bonds. The Labute approximate surface area is 280 Å². The number of aromatic nitrogens is 4. The molecule has 230 valence electrons. The molecule has 0 atom stereocenters. The van der Waals surface area contributed by atoms with Gasteiger partial charge in [-0.3, -0.25) is 4.98 Å². The smallest absolute Gasteiger partial charge is 0.164 e. The van der Waals surface area contributed by atoms with Crippen molar-refractivity contribution >= 4 is 21.5 Å². The minimum absolute atomic E-state index is 0.626. The number of nitrogens with zero attached hydrogens (tertiary/aromatic N) is 4. The van der Waals surface area contributed by atoms with Gasteiger partial charge in [0.25, 0.3) is 0 Å². The molecule has 0 bridgehead atoms. The fraction of sp³-hybridized carbons (Fsp3) is 0.0909. The van der Waals surface area contributed by atoms with Gasteiger partial charge in [-0.1, -0.05) is 110 Å². The highest BCUT2D eigenvalue weighted by atomic mass is 15.0. The molecule has 2 aromatic heterocycles. The van der Waals surface area contributed by atoms with Crippen LogP contribution in [-0.2, 0) is 6.42 Å². The summed E-state index contributed by atoms with van der Waals surface area (Å²) in [5, 5.41) is 5.13. The van der Waals surface area contributed by atoms with Crippen LogP contribution in [0.15, 0.2) is 140 Å².